The normalized spacial score (nSPS) is 10.9. The van der Waals surface area contributed by atoms with Crippen molar-refractivity contribution >= 4 is 50.5 Å². The van der Waals surface area contributed by atoms with E-state index in [1.54, 1.807) is 0 Å². The van der Waals surface area contributed by atoms with Crippen molar-refractivity contribution in [2.24, 2.45) is 0 Å². The van der Waals surface area contributed by atoms with Crippen LogP contribution in [0.15, 0.2) is 42.6 Å². The Bertz CT molecular complexity index is 1260. The third-order valence-corrected chi connectivity index (χ3v) is 4.49. The quantitative estimate of drug-likeness (QED) is 0.516. The molecule has 3 N–H and O–H groups in total. The summed E-state index contributed by atoms with van der Waals surface area (Å²) < 4.78 is 53.3. The fourth-order valence-electron chi connectivity index (χ4n) is 2.37. The SMILES string of the molecule is CS(=O)(=O)Nc1c(F)cccc1Nc1nc(Nc2cc(C#N)ccc2F)ncc1Cl. The fraction of sp³-hybridized carbons (Fsp3) is 0.0556. The van der Waals surface area contributed by atoms with Gasteiger partial charge in [-0.15, -0.1) is 0 Å². The summed E-state index contributed by atoms with van der Waals surface area (Å²) in [7, 11) is -3.76. The summed E-state index contributed by atoms with van der Waals surface area (Å²) in [6.07, 6.45) is 2.10. The zero-order chi connectivity index (χ0) is 21.9. The van der Waals surface area contributed by atoms with Gasteiger partial charge in [0.2, 0.25) is 16.0 Å². The van der Waals surface area contributed by atoms with Crippen LogP contribution in [0.2, 0.25) is 5.02 Å². The molecule has 0 fully saturated rings. The number of nitrogens with zero attached hydrogens (tertiary/aromatic N) is 3. The summed E-state index contributed by atoms with van der Waals surface area (Å²) in [4.78, 5) is 8.05. The maximum atomic E-state index is 14.2. The van der Waals surface area contributed by atoms with Crippen molar-refractivity contribution in [3.8, 4) is 6.07 Å². The highest BCUT2D eigenvalue weighted by atomic mass is 35.5. The first-order valence-electron chi connectivity index (χ1n) is 8.19. The van der Waals surface area contributed by atoms with Gasteiger partial charge in [0.25, 0.3) is 0 Å². The minimum absolute atomic E-state index is 0.00756. The molecule has 0 aliphatic rings. The Morgan fingerprint density at radius 1 is 1.10 bits per heavy atom. The predicted octanol–water partition coefficient (Wildman–Crippen LogP) is 4.14. The first-order valence-corrected chi connectivity index (χ1v) is 10.5. The Kier molecular flexibility index (Phi) is 6.00. The average Bonchev–Trinajstić information content (AvgIpc) is 2.68. The number of benzene rings is 2. The highest BCUT2D eigenvalue weighted by Gasteiger charge is 2.15. The topological polar surface area (TPSA) is 120 Å². The van der Waals surface area contributed by atoms with Crippen molar-refractivity contribution in [2.75, 3.05) is 21.6 Å². The first-order chi connectivity index (χ1) is 14.2. The molecule has 0 spiro atoms. The molecule has 0 saturated heterocycles. The highest BCUT2D eigenvalue weighted by molar-refractivity contribution is 7.92. The van der Waals surface area contributed by atoms with Crippen molar-refractivity contribution in [3.05, 3.63) is 64.8 Å². The molecular formula is C18H13ClF2N6O2S. The molecule has 8 nitrogen and oxygen atoms in total. The lowest BCUT2D eigenvalue weighted by molar-refractivity contribution is 0.604. The minimum Gasteiger partial charge on any atom is -0.337 e. The Balaban J connectivity index is 1.94. The van der Waals surface area contributed by atoms with Gasteiger partial charge in [-0.3, -0.25) is 4.72 Å². The first kappa shape index (κ1) is 21.2. The van der Waals surface area contributed by atoms with Gasteiger partial charge in [0.15, 0.2) is 5.82 Å². The molecule has 2 aromatic carbocycles. The molecule has 3 aromatic rings. The molecule has 0 bridgehead atoms. The number of rotatable bonds is 6. The van der Waals surface area contributed by atoms with Crippen LogP contribution < -0.4 is 15.4 Å². The summed E-state index contributed by atoms with van der Waals surface area (Å²) in [5, 5.41) is 14.4. The number of para-hydroxylation sites is 1. The molecule has 154 valence electrons. The molecule has 0 saturated carbocycles. The Labute approximate surface area is 175 Å². The monoisotopic (exact) mass is 450 g/mol. The average molecular weight is 451 g/mol. The van der Waals surface area contributed by atoms with Crippen LogP contribution in [0.5, 0.6) is 0 Å². The molecule has 3 rings (SSSR count). The van der Waals surface area contributed by atoms with Crippen molar-refractivity contribution in [1.82, 2.24) is 9.97 Å². The van der Waals surface area contributed by atoms with Gasteiger partial charge >= 0.3 is 0 Å². The Hall–Kier alpha value is -3.49. The fourth-order valence-corrected chi connectivity index (χ4v) is 3.09. The molecular weight excluding hydrogens is 438 g/mol. The summed E-state index contributed by atoms with van der Waals surface area (Å²) in [5.74, 6) is -1.51. The zero-order valence-corrected chi connectivity index (χ0v) is 16.8. The number of aromatic nitrogens is 2. The third kappa shape index (κ3) is 5.11. The van der Waals surface area contributed by atoms with Crippen LogP contribution in [0, 0.1) is 23.0 Å². The van der Waals surface area contributed by atoms with E-state index in [1.165, 1.54) is 30.5 Å². The van der Waals surface area contributed by atoms with Gasteiger partial charge in [-0.25, -0.2) is 22.2 Å². The van der Waals surface area contributed by atoms with E-state index >= 15 is 0 Å². The molecule has 0 aliphatic carbocycles. The van der Waals surface area contributed by atoms with E-state index in [-0.39, 0.29) is 39.4 Å². The van der Waals surface area contributed by atoms with Gasteiger partial charge < -0.3 is 10.6 Å². The number of halogens is 3. The zero-order valence-electron chi connectivity index (χ0n) is 15.2. The van der Waals surface area contributed by atoms with E-state index in [4.69, 9.17) is 16.9 Å². The van der Waals surface area contributed by atoms with Crippen LogP contribution in [0.1, 0.15) is 5.56 Å². The summed E-state index contributed by atoms with van der Waals surface area (Å²) >= 11 is 6.09. The summed E-state index contributed by atoms with van der Waals surface area (Å²) in [6, 6.07) is 9.46. The van der Waals surface area contributed by atoms with Gasteiger partial charge in [-0.2, -0.15) is 10.2 Å². The van der Waals surface area contributed by atoms with Crippen LogP contribution >= 0.6 is 11.6 Å². The van der Waals surface area contributed by atoms with E-state index < -0.39 is 21.7 Å². The van der Waals surface area contributed by atoms with Crippen LogP contribution in [0.3, 0.4) is 0 Å². The number of anilines is 5. The summed E-state index contributed by atoms with van der Waals surface area (Å²) in [6.45, 7) is 0. The van der Waals surface area contributed by atoms with Crippen LogP contribution in [0.25, 0.3) is 0 Å². The van der Waals surface area contributed by atoms with Gasteiger partial charge in [-0.05, 0) is 30.3 Å². The van der Waals surface area contributed by atoms with E-state index in [2.05, 4.69) is 25.3 Å². The molecule has 0 amide bonds. The maximum Gasteiger partial charge on any atom is 0.229 e. The number of hydrogen-bond donors (Lipinski definition) is 3. The minimum atomic E-state index is -3.76. The van der Waals surface area contributed by atoms with Crippen LogP contribution in [-0.4, -0.2) is 24.6 Å². The Morgan fingerprint density at radius 3 is 2.57 bits per heavy atom. The molecule has 0 atom stereocenters. The predicted molar refractivity (Wildman–Crippen MR) is 110 cm³/mol. The van der Waals surface area contributed by atoms with Crippen LogP contribution in [-0.2, 0) is 10.0 Å². The number of hydrogen-bond acceptors (Lipinski definition) is 7. The molecule has 0 radical (unpaired) electrons. The van der Waals surface area contributed by atoms with E-state index in [0.717, 1.165) is 18.4 Å². The lowest BCUT2D eigenvalue weighted by Crippen LogP contribution is -2.13. The standard InChI is InChI=1S/C18H13ClF2N6O2S/c1-30(28,29)27-16-13(21)3-2-4-14(16)24-17-11(19)9-23-18(26-17)25-15-7-10(8-22)5-6-12(15)20/h2-7,9,27H,1H3,(H2,23,24,25,26). The lowest BCUT2D eigenvalue weighted by Gasteiger charge is -2.15. The smallest absolute Gasteiger partial charge is 0.229 e. The van der Waals surface area contributed by atoms with Crippen molar-refractivity contribution < 1.29 is 17.2 Å². The second-order valence-electron chi connectivity index (χ2n) is 5.98. The highest BCUT2D eigenvalue weighted by Crippen LogP contribution is 2.31. The van der Waals surface area contributed by atoms with Gasteiger partial charge in [0.1, 0.15) is 22.3 Å². The van der Waals surface area contributed by atoms with Crippen molar-refractivity contribution in [2.45, 2.75) is 0 Å². The van der Waals surface area contributed by atoms with E-state index in [1.807, 2.05) is 6.07 Å². The van der Waals surface area contributed by atoms with Gasteiger partial charge in [-0.1, -0.05) is 17.7 Å². The molecule has 0 unspecified atom stereocenters. The van der Waals surface area contributed by atoms with Crippen molar-refractivity contribution in [3.63, 3.8) is 0 Å². The van der Waals surface area contributed by atoms with Gasteiger partial charge in [0.05, 0.1) is 35.5 Å². The molecule has 30 heavy (non-hydrogen) atoms. The molecule has 12 heteroatoms. The van der Waals surface area contributed by atoms with Gasteiger partial charge in [0, 0.05) is 0 Å². The number of sulfonamides is 1. The molecule has 0 aliphatic heterocycles. The van der Waals surface area contributed by atoms with E-state index in [0.29, 0.717) is 0 Å². The second-order valence-corrected chi connectivity index (χ2v) is 8.14. The molecule has 1 aromatic heterocycles. The van der Waals surface area contributed by atoms with E-state index in [9.17, 15) is 17.2 Å². The molecule has 1 heterocycles. The lowest BCUT2D eigenvalue weighted by atomic mass is 10.2. The largest absolute Gasteiger partial charge is 0.337 e. The third-order valence-electron chi connectivity index (χ3n) is 3.64. The summed E-state index contributed by atoms with van der Waals surface area (Å²) in [5.41, 5.74) is -0.0865. The maximum absolute atomic E-state index is 14.2. The van der Waals surface area contributed by atoms with Crippen molar-refractivity contribution in [1.29, 1.82) is 5.26 Å². The van der Waals surface area contributed by atoms with Crippen LogP contribution in [0.4, 0.5) is 37.6 Å². The number of nitrogens with one attached hydrogen (secondary N) is 3. The number of nitriles is 1. The second kappa shape index (κ2) is 8.48. The Morgan fingerprint density at radius 2 is 1.87 bits per heavy atom.